The second-order valence-electron chi connectivity index (χ2n) is 8.72. The summed E-state index contributed by atoms with van der Waals surface area (Å²) in [7, 11) is 0. The van der Waals surface area contributed by atoms with E-state index in [9.17, 15) is 24.0 Å². The minimum atomic E-state index is -1.20. The first-order chi connectivity index (χ1) is 17.0. The fourth-order valence-electron chi connectivity index (χ4n) is 3.27. The number of thioether (sulfide) groups is 1. The molecule has 36 heavy (non-hydrogen) atoms. The number of carbonyl (C=O) groups excluding carboxylic acids is 4. The van der Waals surface area contributed by atoms with Crippen LogP contribution in [-0.4, -0.2) is 77.9 Å². The van der Waals surface area contributed by atoms with Crippen LogP contribution < -0.4 is 27.0 Å². The van der Waals surface area contributed by atoms with Gasteiger partial charge in [-0.15, -0.1) is 0 Å². The van der Waals surface area contributed by atoms with Crippen LogP contribution in [0, 0.1) is 5.92 Å². The van der Waals surface area contributed by atoms with Gasteiger partial charge < -0.3 is 32.1 Å². The maximum absolute atomic E-state index is 12.9. The Bertz CT molecular complexity index is 883. The lowest BCUT2D eigenvalue weighted by atomic mass is 10.0. The third-order valence-electron chi connectivity index (χ3n) is 5.07. The Kier molecular flexibility index (Phi) is 14.2. The average Bonchev–Trinajstić information content (AvgIpc) is 2.83. The summed E-state index contributed by atoms with van der Waals surface area (Å²) < 4.78 is 0. The number of rotatable bonds is 16. The third kappa shape index (κ3) is 12.5. The highest BCUT2D eigenvalue weighted by Crippen LogP contribution is 2.07. The van der Waals surface area contributed by atoms with Crippen molar-refractivity contribution in [2.24, 2.45) is 11.7 Å². The number of hydrogen-bond donors (Lipinski definition) is 6. The first-order valence-corrected chi connectivity index (χ1v) is 13.1. The molecule has 11 nitrogen and oxygen atoms in total. The number of nitrogens with one attached hydrogen (secondary N) is 4. The molecule has 3 atom stereocenters. The zero-order valence-electron chi connectivity index (χ0n) is 20.9. The molecular formula is C24H37N5O6S. The van der Waals surface area contributed by atoms with Crippen LogP contribution in [0.15, 0.2) is 30.3 Å². The molecule has 0 heterocycles. The monoisotopic (exact) mass is 523 g/mol. The van der Waals surface area contributed by atoms with Gasteiger partial charge in [0.2, 0.25) is 23.6 Å². The highest BCUT2D eigenvalue weighted by Gasteiger charge is 2.27. The van der Waals surface area contributed by atoms with Gasteiger partial charge in [0.15, 0.2) is 0 Å². The van der Waals surface area contributed by atoms with E-state index < -0.39 is 54.3 Å². The normalized spacial score (nSPS) is 13.2. The molecule has 0 aromatic heterocycles. The van der Waals surface area contributed by atoms with Crippen LogP contribution in [0.25, 0.3) is 0 Å². The molecule has 0 unspecified atom stereocenters. The van der Waals surface area contributed by atoms with E-state index in [0.29, 0.717) is 18.6 Å². The molecule has 12 heteroatoms. The molecule has 1 rings (SSSR count). The molecule has 0 bridgehead atoms. The Morgan fingerprint density at radius 3 is 2.14 bits per heavy atom. The third-order valence-corrected chi connectivity index (χ3v) is 5.72. The summed E-state index contributed by atoms with van der Waals surface area (Å²) in [5.41, 5.74) is 6.82. The highest BCUT2D eigenvalue weighted by molar-refractivity contribution is 7.98. The number of carbonyl (C=O) groups is 5. The minimum absolute atomic E-state index is 0.0421. The lowest BCUT2D eigenvalue weighted by Gasteiger charge is -2.24. The Balaban J connectivity index is 2.71. The van der Waals surface area contributed by atoms with E-state index in [1.165, 1.54) is 11.8 Å². The number of hydrogen-bond acceptors (Lipinski definition) is 7. The van der Waals surface area contributed by atoms with Crippen molar-refractivity contribution in [1.29, 1.82) is 0 Å². The molecular weight excluding hydrogens is 486 g/mol. The van der Waals surface area contributed by atoms with E-state index in [1.807, 2.05) is 50.4 Å². The summed E-state index contributed by atoms with van der Waals surface area (Å²) in [6, 6.07) is 6.51. The van der Waals surface area contributed by atoms with E-state index in [1.54, 1.807) is 0 Å². The van der Waals surface area contributed by atoms with Crippen molar-refractivity contribution < 1.29 is 29.1 Å². The number of nitrogens with two attached hydrogens (primary N) is 1. The molecule has 0 fully saturated rings. The maximum Gasteiger partial charge on any atom is 0.322 e. The molecule has 0 aliphatic heterocycles. The van der Waals surface area contributed by atoms with Gasteiger partial charge >= 0.3 is 5.97 Å². The van der Waals surface area contributed by atoms with Gasteiger partial charge in [0.1, 0.15) is 18.6 Å². The van der Waals surface area contributed by atoms with Crippen LogP contribution in [0.2, 0.25) is 0 Å². The Morgan fingerprint density at radius 2 is 1.56 bits per heavy atom. The minimum Gasteiger partial charge on any atom is -0.480 e. The van der Waals surface area contributed by atoms with Crippen molar-refractivity contribution in [3.63, 3.8) is 0 Å². The van der Waals surface area contributed by atoms with Crippen LogP contribution in [0.1, 0.15) is 32.3 Å². The Morgan fingerprint density at radius 1 is 0.917 bits per heavy atom. The number of carboxylic acids is 1. The van der Waals surface area contributed by atoms with Gasteiger partial charge in [-0.2, -0.15) is 11.8 Å². The zero-order valence-corrected chi connectivity index (χ0v) is 21.7. The van der Waals surface area contributed by atoms with Crippen molar-refractivity contribution in [2.45, 2.75) is 51.2 Å². The first kappa shape index (κ1) is 30.9. The second kappa shape index (κ2) is 16.5. The van der Waals surface area contributed by atoms with Gasteiger partial charge in [-0.25, -0.2) is 0 Å². The van der Waals surface area contributed by atoms with Crippen LogP contribution in [0.3, 0.4) is 0 Å². The molecule has 0 aliphatic carbocycles. The van der Waals surface area contributed by atoms with Crippen molar-refractivity contribution in [3.05, 3.63) is 35.9 Å². The predicted molar refractivity (Wildman–Crippen MR) is 138 cm³/mol. The van der Waals surface area contributed by atoms with E-state index >= 15 is 0 Å². The SMILES string of the molecule is CSCC[C@H](NC(=O)[C@H](CC(C)C)NC(=O)CNC(=O)[C@@H](N)Cc1ccccc1)C(=O)NCC(=O)O. The van der Waals surface area contributed by atoms with E-state index in [0.717, 1.165) is 5.56 Å². The first-order valence-electron chi connectivity index (χ1n) is 11.7. The Hall–Kier alpha value is -3.12. The molecule has 0 saturated carbocycles. The van der Waals surface area contributed by atoms with Gasteiger partial charge in [-0.1, -0.05) is 44.2 Å². The van der Waals surface area contributed by atoms with Gasteiger partial charge in [-0.05, 0) is 42.8 Å². The zero-order chi connectivity index (χ0) is 27.1. The standard InChI is InChI=1S/C24H37N5O6S/c1-15(2)11-19(24(35)29-18(9-10-36-3)23(34)27-14-21(31)32)28-20(30)13-26-22(33)17(25)12-16-7-5-4-6-8-16/h4-8,15,17-19H,9-14,25H2,1-3H3,(H,26,33)(H,27,34)(H,28,30)(H,29,35)(H,31,32)/t17-,18-,19-/m0/s1. The smallest absolute Gasteiger partial charge is 0.322 e. The van der Waals surface area contributed by atoms with Crippen molar-refractivity contribution in [3.8, 4) is 0 Å². The number of aliphatic carboxylic acids is 1. The van der Waals surface area contributed by atoms with Gasteiger partial charge in [-0.3, -0.25) is 24.0 Å². The van der Waals surface area contributed by atoms with Crippen LogP contribution in [0.5, 0.6) is 0 Å². The summed E-state index contributed by atoms with van der Waals surface area (Å²) >= 11 is 1.47. The molecule has 0 aliphatic rings. The van der Waals surface area contributed by atoms with Gasteiger partial charge in [0.25, 0.3) is 0 Å². The lowest BCUT2D eigenvalue weighted by Crippen LogP contribution is -2.55. The van der Waals surface area contributed by atoms with Crippen molar-refractivity contribution >= 4 is 41.4 Å². The van der Waals surface area contributed by atoms with Crippen LogP contribution >= 0.6 is 11.8 Å². The topological polar surface area (TPSA) is 180 Å². The van der Waals surface area contributed by atoms with E-state index in [2.05, 4.69) is 21.3 Å². The molecule has 0 radical (unpaired) electrons. The molecule has 1 aromatic carbocycles. The molecule has 1 aromatic rings. The van der Waals surface area contributed by atoms with Crippen molar-refractivity contribution in [1.82, 2.24) is 21.3 Å². The molecule has 4 amide bonds. The van der Waals surface area contributed by atoms with Gasteiger partial charge in [0.05, 0.1) is 12.6 Å². The quantitative estimate of drug-likeness (QED) is 0.170. The summed E-state index contributed by atoms with van der Waals surface area (Å²) in [5.74, 6) is -2.86. The molecule has 0 spiro atoms. The summed E-state index contributed by atoms with van der Waals surface area (Å²) in [6.07, 6.45) is 2.74. The lowest BCUT2D eigenvalue weighted by molar-refractivity contribution is -0.138. The van der Waals surface area contributed by atoms with Gasteiger partial charge in [0, 0.05) is 0 Å². The van der Waals surface area contributed by atoms with E-state index in [4.69, 9.17) is 10.8 Å². The summed E-state index contributed by atoms with van der Waals surface area (Å²) in [5, 5.41) is 18.8. The molecule has 7 N–H and O–H groups in total. The maximum atomic E-state index is 12.9. The largest absolute Gasteiger partial charge is 0.480 e. The number of benzene rings is 1. The fraction of sp³-hybridized carbons (Fsp3) is 0.542. The number of carboxylic acid groups (broad SMARTS) is 1. The summed E-state index contributed by atoms with van der Waals surface area (Å²) in [6.45, 7) is 2.82. The van der Waals surface area contributed by atoms with Crippen molar-refractivity contribution in [2.75, 3.05) is 25.1 Å². The van der Waals surface area contributed by atoms with E-state index in [-0.39, 0.29) is 18.9 Å². The highest BCUT2D eigenvalue weighted by atomic mass is 32.2. The van der Waals surface area contributed by atoms with Crippen LogP contribution in [-0.2, 0) is 30.4 Å². The second-order valence-corrected chi connectivity index (χ2v) is 9.70. The van der Waals surface area contributed by atoms with Crippen LogP contribution in [0.4, 0.5) is 0 Å². The molecule has 0 saturated heterocycles. The Labute approximate surface area is 215 Å². The average molecular weight is 524 g/mol. The summed E-state index contributed by atoms with van der Waals surface area (Å²) in [4.78, 5) is 60.9. The predicted octanol–water partition coefficient (Wildman–Crippen LogP) is -0.358. The fourth-order valence-corrected chi connectivity index (χ4v) is 3.74. The molecule has 200 valence electrons. The number of amides is 4.